The van der Waals surface area contributed by atoms with Gasteiger partial charge in [0.25, 0.3) is 0 Å². The van der Waals surface area contributed by atoms with Gasteiger partial charge < -0.3 is 10.1 Å². The average Bonchev–Trinajstić information content (AvgIpc) is 2.01. The van der Waals surface area contributed by atoms with E-state index >= 15 is 0 Å². The van der Waals surface area contributed by atoms with E-state index < -0.39 is 0 Å². The van der Waals surface area contributed by atoms with E-state index in [2.05, 4.69) is 5.32 Å². The van der Waals surface area contributed by atoms with Crippen molar-refractivity contribution in [2.24, 2.45) is 0 Å². The summed E-state index contributed by atoms with van der Waals surface area (Å²) in [5.41, 5.74) is 0. The smallest absolute Gasteiger partial charge is 0.220 e. The molecule has 0 aromatic carbocycles. The van der Waals surface area contributed by atoms with E-state index in [4.69, 9.17) is 0 Å². The highest BCUT2D eigenvalue weighted by molar-refractivity contribution is 5.76. The van der Waals surface area contributed by atoms with Crippen molar-refractivity contribution in [2.45, 2.75) is 32.6 Å². The van der Waals surface area contributed by atoms with Crippen LogP contribution in [0.25, 0.3) is 0 Å². The van der Waals surface area contributed by atoms with Crippen molar-refractivity contribution in [1.82, 2.24) is 5.32 Å². The third-order valence-corrected chi connectivity index (χ3v) is 1.34. The summed E-state index contributed by atoms with van der Waals surface area (Å²) in [4.78, 5) is 20.7. The van der Waals surface area contributed by atoms with E-state index in [-0.39, 0.29) is 5.91 Å². The van der Waals surface area contributed by atoms with Gasteiger partial charge in [-0.2, -0.15) is 0 Å². The summed E-state index contributed by atoms with van der Waals surface area (Å²) in [6.45, 7) is 2.52. The van der Waals surface area contributed by atoms with Crippen molar-refractivity contribution in [3.8, 4) is 0 Å². The minimum Gasteiger partial charge on any atom is -0.356 e. The Kier molecular flexibility index (Phi) is 6.68. The summed E-state index contributed by atoms with van der Waals surface area (Å²) < 4.78 is 0. The van der Waals surface area contributed by atoms with Gasteiger partial charge in [-0.25, -0.2) is 0 Å². The van der Waals surface area contributed by atoms with Gasteiger partial charge in [-0.05, 0) is 6.42 Å². The summed E-state index contributed by atoms with van der Waals surface area (Å²) >= 11 is 0. The lowest BCUT2D eigenvalue weighted by molar-refractivity contribution is -0.121. The quantitative estimate of drug-likeness (QED) is 0.459. The second-order valence-corrected chi connectivity index (χ2v) is 2.41. The van der Waals surface area contributed by atoms with Crippen LogP contribution in [0.2, 0.25) is 0 Å². The number of amides is 1. The minimum absolute atomic E-state index is 0.0497. The molecule has 0 aliphatic carbocycles. The summed E-state index contributed by atoms with van der Waals surface area (Å²) in [6.07, 6.45) is 3.75. The van der Waals surface area contributed by atoms with E-state index in [1.54, 1.807) is 0 Å². The number of aldehydes is 1. The van der Waals surface area contributed by atoms with Crippen LogP contribution >= 0.6 is 0 Å². The summed E-state index contributed by atoms with van der Waals surface area (Å²) in [5.74, 6) is 0.0497. The first-order valence-electron chi connectivity index (χ1n) is 4.01. The van der Waals surface area contributed by atoms with Crippen LogP contribution < -0.4 is 5.32 Å². The molecule has 1 amide bonds. The molecule has 3 nitrogen and oxygen atoms in total. The lowest BCUT2D eigenvalue weighted by atomic mass is 10.2. The predicted octanol–water partition coefficient (Wildman–Crippen LogP) is 0.882. The van der Waals surface area contributed by atoms with Crippen LogP contribution in [0.1, 0.15) is 32.6 Å². The van der Waals surface area contributed by atoms with Gasteiger partial charge in [0.15, 0.2) is 0 Å². The van der Waals surface area contributed by atoms with Gasteiger partial charge in [0, 0.05) is 19.4 Å². The molecule has 0 radical (unpaired) electrons. The zero-order chi connectivity index (χ0) is 8.53. The molecular formula is C8H15NO2. The fourth-order valence-electron chi connectivity index (χ4n) is 0.696. The summed E-state index contributed by atoms with van der Waals surface area (Å²) in [5, 5.41) is 2.65. The molecule has 0 heterocycles. The summed E-state index contributed by atoms with van der Waals surface area (Å²) in [7, 11) is 0. The SMILES string of the molecule is CCCCC(=O)NCCC=O. The maximum absolute atomic E-state index is 10.8. The number of unbranched alkanes of at least 4 members (excludes halogenated alkanes) is 1. The molecule has 0 bridgehead atoms. The van der Waals surface area contributed by atoms with Crippen molar-refractivity contribution < 1.29 is 9.59 Å². The molecule has 0 spiro atoms. The zero-order valence-electron chi connectivity index (χ0n) is 6.93. The molecule has 0 rings (SSSR count). The number of carbonyl (C=O) groups excluding carboxylic acids is 2. The van der Waals surface area contributed by atoms with Gasteiger partial charge in [0.2, 0.25) is 5.91 Å². The molecule has 64 valence electrons. The molecule has 0 unspecified atom stereocenters. The first-order chi connectivity index (χ1) is 5.31. The molecule has 0 aliphatic rings. The van der Waals surface area contributed by atoms with E-state index in [0.717, 1.165) is 19.1 Å². The lowest BCUT2D eigenvalue weighted by Crippen LogP contribution is -2.24. The minimum atomic E-state index is 0.0497. The van der Waals surface area contributed by atoms with Gasteiger partial charge >= 0.3 is 0 Å². The first kappa shape index (κ1) is 10.1. The topological polar surface area (TPSA) is 46.2 Å². The Morgan fingerprint density at radius 3 is 2.82 bits per heavy atom. The number of nitrogens with one attached hydrogen (secondary N) is 1. The summed E-state index contributed by atoms with van der Waals surface area (Å²) in [6, 6.07) is 0. The van der Waals surface area contributed by atoms with Gasteiger partial charge in [0.1, 0.15) is 6.29 Å². The highest BCUT2D eigenvalue weighted by Gasteiger charge is 1.97. The molecule has 0 saturated carbocycles. The molecule has 0 aliphatic heterocycles. The van der Waals surface area contributed by atoms with Crippen molar-refractivity contribution in [3.05, 3.63) is 0 Å². The molecule has 1 N–H and O–H groups in total. The Labute approximate surface area is 67.2 Å². The Morgan fingerprint density at radius 1 is 1.55 bits per heavy atom. The monoisotopic (exact) mass is 157 g/mol. The van der Waals surface area contributed by atoms with Crippen LogP contribution in [0, 0.1) is 0 Å². The third-order valence-electron chi connectivity index (χ3n) is 1.34. The van der Waals surface area contributed by atoms with Crippen LogP contribution in [0.15, 0.2) is 0 Å². The molecule has 0 aromatic heterocycles. The van der Waals surface area contributed by atoms with Crippen LogP contribution in [-0.4, -0.2) is 18.7 Å². The van der Waals surface area contributed by atoms with Crippen LogP contribution in [0.4, 0.5) is 0 Å². The Morgan fingerprint density at radius 2 is 2.27 bits per heavy atom. The molecule has 0 fully saturated rings. The van der Waals surface area contributed by atoms with Gasteiger partial charge in [-0.3, -0.25) is 4.79 Å². The fraction of sp³-hybridized carbons (Fsp3) is 0.750. The van der Waals surface area contributed by atoms with Crippen molar-refractivity contribution in [1.29, 1.82) is 0 Å². The first-order valence-corrected chi connectivity index (χ1v) is 4.01. The predicted molar refractivity (Wildman–Crippen MR) is 43.2 cm³/mol. The molecule has 11 heavy (non-hydrogen) atoms. The highest BCUT2D eigenvalue weighted by Crippen LogP contribution is 1.92. The van der Waals surface area contributed by atoms with E-state index in [9.17, 15) is 9.59 Å². The van der Waals surface area contributed by atoms with Gasteiger partial charge in [-0.1, -0.05) is 13.3 Å². The van der Waals surface area contributed by atoms with Crippen LogP contribution in [-0.2, 0) is 9.59 Å². The molecule has 0 saturated heterocycles. The van der Waals surface area contributed by atoms with Crippen molar-refractivity contribution in [2.75, 3.05) is 6.54 Å². The maximum atomic E-state index is 10.8. The van der Waals surface area contributed by atoms with Crippen LogP contribution in [0.5, 0.6) is 0 Å². The van der Waals surface area contributed by atoms with Crippen molar-refractivity contribution >= 4 is 12.2 Å². The Bertz CT molecular complexity index is 123. The largest absolute Gasteiger partial charge is 0.356 e. The second kappa shape index (κ2) is 7.25. The molecular weight excluding hydrogens is 142 g/mol. The molecule has 3 heteroatoms. The van der Waals surface area contributed by atoms with E-state index in [1.165, 1.54) is 0 Å². The number of rotatable bonds is 6. The van der Waals surface area contributed by atoms with Crippen LogP contribution in [0.3, 0.4) is 0 Å². The molecule has 0 atom stereocenters. The maximum Gasteiger partial charge on any atom is 0.220 e. The van der Waals surface area contributed by atoms with E-state index in [1.807, 2.05) is 6.92 Å². The fourth-order valence-corrected chi connectivity index (χ4v) is 0.696. The number of hydrogen-bond acceptors (Lipinski definition) is 2. The standard InChI is InChI=1S/C8H15NO2/c1-2-3-5-8(11)9-6-4-7-10/h7H,2-6H2,1H3,(H,9,11). The Hall–Kier alpha value is -0.860. The number of carbonyl (C=O) groups is 2. The van der Waals surface area contributed by atoms with Gasteiger partial charge in [-0.15, -0.1) is 0 Å². The third kappa shape index (κ3) is 7.03. The van der Waals surface area contributed by atoms with E-state index in [0.29, 0.717) is 19.4 Å². The number of hydrogen-bond donors (Lipinski definition) is 1. The second-order valence-electron chi connectivity index (χ2n) is 2.41. The highest BCUT2D eigenvalue weighted by atomic mass is 16.1. The molecule has 0 aromatic rings. The Balaban J connectivity index is 3.15. The lowest BCUT2D eigenvalue weighted by Gasteiger charge is -2.00. The zero-order valence-corrected chi connectivity index (χ0v) is 6.93. The average molecular weight is 157 g/mol. The normalized spacial score (nSPS) is 9.18. The van der Waals surface area contributed by atoms with Crippen molar-refractivity contribution in [3.63, 3.8) is 0 Å². The van der Waals surface area contributed by atoms with Gasteiger partial charge in [0.05, 0.1) is 0 Å².